The zero-order valence-electron chi connectivity index (χ0n) is 12.4. The van der Waals surface area contributed by atoms with Gasteiger partial charge >= 0.3 is 0 Å². The number of nitrogens with zero attached hydrogens (tertiary/aromatic N) is 2. The second-order valence-electron chi connectivity index (χ2n) is 5.52. The van der Waals surface area contributed by atoms with Gasteiger partial charge in [-0.3, -0.25) is 0 Å². The summed E-state index contributed by atoms with van der Waals surface area (Å²) in [5.41, 5.74) is 0. The molecule has 1 N–H and O–H groups in total. The Morgan fingerprint density at radius 3 is 2.63 bits per heavy atom. The summed E-state index contributed by atoms with van der Waals surface area (Å²) in [5.74, 6) is 0.457. The molecule has 0 spiro atoms. The van der Waals surface area contributed by atoms with Crippen LogP contribution >= 0.6 is 0 Å². The summed E-state index contributed by atoms with van der Waals surface area (Å²) in [5, 5.41) is 9.22. The minimum absolute atomic E-state index is 0.0729. The first-order chi connectivity index (χ1) is 8.95. The van der Waals surface area contributed by atoms with Crippen LogP contribution in [0.15, 0.2) is 0 Å². The van der Waals surface area contributed by atoms with Gasteiger partial charge in [0.05, 0.1) is 0 Å². The lowest BCUT2D eigenvalue weighted by molar-refractivity contribution is 0.160. The maximum Gasteiger partial charge on any atom is 0.281 e. The highest BCUT2D eigenvalue weighted by Gasteiger charge is 2.33. The molecule has 0 aromatic carbocycles. The monoisotopic (exact) mass is 292 g/mol. The van der Waals surface area contributed by atoms with Crippen LogP contribution in [0, 0.1) is 11.8 Å². The van der Waals surface area contributed by atoms with Crippen LogP contribution in [-0.4, -0.2) is 54.9 Å². The summed E-state index contributed by atoms with van der Waals surface area (Å²) < 4.78 is 28.3. The molecule has 5 nitrogen and oxygen atoms in total. The van der Waals surface area contributed by atoms with Gasteiger partial charge in [0, 0.05) is 32.8 Å². The minimum atomic E-state index is -3.37. The third-order valence-corrected chi connectivity index (χ3v) is 6.00. The number of rotatable bonds is 7. The smallest absolute Gasteiger partial charge is 0.281 e. The molecule has 0 aliphatic carbocycles. The number of aliphatic hydroxyl groups is 1. The topological polar surface area (TPSA) is 60.9 Å². The normalized spacial score (nSPS) is 23.7. The Kier molecular flexibility index (Phi) is 6.73. The average molecular weight is 292 g/mol. The van der Waals surface area contributed by atoms with Crippen LogP contribution in [0.2, 0.25) is 0 Å². The highest BCUT2D eigenvalue weighted by Crippen LogP contribution is 2.21. The maximum absolute atomic E-state index is 12.6. The van der Waals surface area contributed by atoms with Crippen molar-refractivity contribution in [2.75, 3.05) is 32.8 Å². The van der Waals surface area contributed by atoms with E-state index in [1.54, 1.807) is 8.61 Å². The second kappa shape index (κ2) is 7.57. The number of hydrogen-bond donors (Lipinski definition) is 1. The van der Waals surface area contributed by atoms with Gasteiger partial charge in [0.2, 0.25) is 0 Å². The Morgan fingerprint density at radius 1 is 1.42 bits per heavy atom. The van der Waals surface area contributed by atoms with Crippen LogP contribution in [0.5, 0.6) is 0 Å². The fraction of sp³-hybridized carbons (Fsp3) is 1.00. The van der Waals surface area contributed by atoms with E-state index in [2.05, 4.69) is 13.8 Å². The summed E-state index contributed by atoms with van der Waals surface area (Å²) in [6, 6.07) is 0. The Hall–Kier alpha value is -0.170. The van der Waals surface area contributed by atoms with E-state index in [9.17, 15) is 13.5 Å². The van der Waals surface area contributed by atoms with Crippen molar-refractivity contribution in [2.24, 2.45) is 11.8 Å². The van der Waals surface area contributed by atoms with Crippen molar-refractivity contribution in [3.63, 3.8) is 0 Å². The van der Waals surface area contributed by atoms with Gasteiger partial charge in [0.25, 0.3) is 10.2 Å². The number of piperidine rings is 1. The standard InChI is InChI=1S/C13H28N2O3S/c1-4-12(3)9-14(5-2)19(17,18)15-8-6-7-13(10-15)11-16/h12-13,16H,4-11H2,1-3H3. The molecule has 0 amide bonds. The van der Waals surface area contributed by atoms with Crippen molar-refractivity contribution in [1.29, 1.82) is 0 Å². The third kappa shape index (κ3) is 4.41. The summed E-state index contributed by atoms with van der Waals surface area (Å²) in [6.45, 7) is 8.23. The Labute approximate surface area is 117 Å². The fourth-order valence-electron chi connectivity index (χ4n) is 2.41. The average Bonchev–Trinajstić information content (AvgIpc) is 2.44. The number of hydrogen-bond acceptors (Lipinski definition) is 3. The van der Waals surface area contributed by atoms with Crippen molar-refractivity contribution < 1.29 is 13.5 Å². The molecule has 0 aromatic heterocycles. The Morgan fingerprint density at radius 2 is 2.11 bits per heavy atom. The van der Waals surface area contributed by atoms with Gasteiger partial charge in [-0.25, -0.2) is 0 Å². The van der Waals surface area contributed by atoms with E-state index in [1.807, 2.05) is 6.92 Å². The zero-order chi connectivity index (χ0) is 14.5. The van der Waals surface area contributed by atoms with Crippen molar-refractivity contribution in [3.05, 3.63) is 0 Å². The predicted molar refractivity (Wildman–Crippen MR) is 77.0 cm³/mol. The lowest BCUT2D eigenvalue weighted by Crippen LogP contribution is -2.49. The van der Waals surface area contributed by atoms with Gasteiger partial charge in [-0.2, -0.15) is 17.0 Å². The fourth-order valence-corrected chi connectivity index (χ4v) is 4.27. The molecule has 19 heavy (non-hydrogen) atoms. The second-order valence-corrected chi connectivity index (χ2v) is 7.45. The lowest BCUT2D eigenvalue weighted by atomic mass is 10.0. The molecule has 0 aromatic rings. The van der Waals surface area contributed by atoms with E-state index in [-0.39, 0.29) is 12.5 Å². The van der Waals surface area contributed by atoms with E-state index in [0.717, 1.165) is 19.3 Å². The summed E-state index contributed by atoms with van der Waals surface area (Å²) in [6.07, 6.45) is 2.73. The maximum atomic E-state index is 12.6. The van der Waals surface area contributed by atoms with Crippen LogP contribution in [-0.2, 0) is 10.2 Å². The van der Waals surface area contributed by atoms with Gasteiger partial charge in [0.15, 0.2) is 0 Å². The summed E-state index contributed by atoms with van der Waals surface area (Å²) in [7, 11) is -3.37. The van der Waals surface area contributed by atoms with Crippen molar-refractivity contribution in [3.8, 4) is 0 Å². The third-order valence-electron chi connectivity index (χ3n) is 3.96. The predicted octanol–water partition coefficient (Wildman–Crippen LogP) is 1.30. The van der Waals surface area contributed by atoms with Gasteiger partial charge < -0.3 is 5.11 Å². The molecule has 1 heterocycles. The van der Waals surface area contributed by atoms with Crippen molar-refractivity contribution >= 4 is 10.2 Å². The zero-order valence-corrected chi connectivity index (χ0v) is 13.2. The molecular formula is C13H28N2O3S. The van der Waals surface area contributed by atoms with E-state index in [4.69, 9.17) is 0 Å². The molecule has 1 aliphatic rings. The molecule has 2 atom stereocenters. The first-order valence-corrected chi connectivity index (χ1v) is 8.71. The summed E-state index contributed by atoms with van der Waals surface area (Å²) in [4.78, 5) is 0. The van der Waals surface area contributed by atoms with E-state index >= 15 is 0 Å². The molecule has 114 valence electrons. The van der Waals surface area contributed by atoms with Crippen molar-refractivity contribution in [2.45, 2.75) is 40.0 Å². The van der Waals surface area contributed by atoms with Crippen LogP contribution in [0.4, 0.5) is 0 Å². The number of aliphatic hydroxyl groups excluding tert-OH is 1. The highest BCUT2D eigenvalue weighted by molar-refractivity contribution is 7.86. The lowest BCUT2D eigenvalue weighted by Gasteiger charge is -2.35. The molecule has 1 saturated heterocycles. The Bertz CT molecular complexity index is 349. The molecule has 0 saturated carbocycles. The quantitative estimate of drug-likeness (QED) is 0.769. The van der Waals surface area contributed by atoms with Gasteiger partial charge in [-0.1, -0.05) is 27.2 Å². The molecule has 1 fully saturated rings. The SMILES string of the molecule is CCC(C)CN(CC)S(=O)(=O)N1CCCC(CO)C1. The van der Waals surface area contributed by atoms with E-state index in [0.29, 0.717) is 32.1 Å². The van der Waals surface area contributed by atoms with Crippen LogP contribution in [0.3, 0.4) is 0 Å². The largest absolute Gasteiger partial charge is 0.396 e. The molecule has 1 aliphatic heterocycles. The minimum Gasteiger partial charge on any atom is -0.396 e. The summed E-state index contributed by atoms with van der Waals surface area (Å²) >= 11 is 0. The first kappa shape index (κ1) is 16.9. The van der Waals surface area contributed by atoms with Crippen LogP contribution in [0.1, 0.15) is 40.0 Å². The van der Waals surface area contributed by atoms with E-state index < -0.39 is 10.2 Å². The van der Waals surface area contributed by atoms with Gasteiger partial charge in [0.1, 0.15) is 0 Å². The molecule has 0 radical (unpaired) electrons. The van der Waals surface area contributed by atoms with Crippen molar-refractivity contribution in [1.82, 2.24) is 8.61 Å². The molecule has 6 heteroatoms. The van der Waals surface area contributed by atoms with Gasteiger partial charge in [-0.05, 0) is 24.7 Å². The van der Waals surface area contributed by atoms with Crippen LogP contribution in [0.25, 0.3) is 0 Å². The van der Waals surface area contributed by atoms with E-state index in [1.165, 1.54) is 0 Å². The first-order valence-electron chi connectivity index (χ1n) is 7.31. The highest BCUT2D eigenvalue weighted by atomic mass is 32.2. The molecule has 1 rings (SSSR count). The van der Waals surface area contributed by atoms with Gasteiger partial charge in [-0.15, -0.1) is 0 Å². The van der Waals surface area contributed by atoms with Crippen LogP contribution < -0.4 is 0 Å². The molecular weight excluding hydrogens is 264 g/mol. The molecule has 0 bridgehead atoms. The molecule has 2 unspecified atom stereocenters. The Balaban J connectivity index is 2.76.